The van der Waals surface area contributed by atoms with E-state index in [0.717, 1.165) is 30.8 Å². The maximum absolute atomic E-state index is 5.75. The first kappa shape index (κ1) is 13.6. The standard InChI is InChI=1S/C12H23Cl2N/c13-7-10-15(11-8-14)9-3-6-12-4-1-2-5-12/h12H,1-11H2. The van der Waals surface area contributed by atoms with E-state index in [0.29, 0.717) is 0 Å². The summed E-state index contributed by atoms with van der Waals surface area (Å²) in [6.07, 6.45) is 8.56. The van der Waals surface area contributed by atoms with E-state index in [9.17, 15) is 0 Å². The van der Waals surface area contributed by atoms with Crippen molar-refractivity contribution < 1.29 is 0 Å². The third-order valence-electron chi connectivity index (χ3n) is 3.36. The average Bonchev–Trinajstić information content (AvgIpc) is 2.71. The lowest BCUT2D eigenvalue weighted by molar-refractivity contribution is 0.289. The molecule has 1 aliphatic rings. The fraction of sp³-hybridized carbons (Fsp3) is 1.00. The van der Waals surface area contributed by atoms with E-state index in [1.54, 1.807) is 0 Å². The van der Waals surface area contributed by atoms with E-state index < -0.39 is 0 Å². The van der Waals surface area contributed by atoms with Gasteiger partial charge in [0, 0.05) is 24.8 Å². The Morgan fingerprint density at radius 1 is 0.933 bits per heavy atom. The summed E-state index contributed by atoms with van der Waals surface area (Å²) in [5, 5.41) is 0. The molecule has 1 rings (SSSR count). The van der Waals surface area contributed by atoms with Crippen molar-refractivity contribution in [3.63, 3.8) is 0 Å². The number of hydrogen-bond acceptors (Lipinski definition) is 1. The van der Waals surface area contributed by atoms with Crippen molar-refractivity contribution in [2.24, 2.45) is 5.92 Å². The van der Waals surface area contributed by atoms with Crippen LogP contribution in [0.25, 0.3) is 0 Å². The summed E-state index contributed by atoms with van der Waals surface area (Å²) in [5.74, 6) is 2.46. The van der Waals surface area contributed by atoms with Gasteiger partial charge < -0.3 is 4.90 Å². The van der Waals surface area contributed by atoms with E-state index in [1.807, 2.05) is 0 Å². The highest BCUT2D eigenvalue weighted by Gasteiger charge is 2.14. The maximum atomic E-state index is 5.75. The molecule has 0 amide bonds. The first-order chi connectivity index (χ1) is 7.36. The van der Waals surface area contributed by atoms with Crippen LogP contribution in [0.1, 0.15) is 38.5 Å². The molecule has 3 heteroatoms. The fourth-order valence-electron chi connectivity index (χ4n) is 2.48. The summed E-state index contributed by atoms with van der Waals surface area (Å²) in [6, 6.07) is 0. The van der Waals surface area contributed by atoms with E-state index in [-0.39, 0.29) is 0 Å². The van der Waals surface area contributed by atoms with E-state index in [2.05, 4.69) is 4.90 Å². The molecule has 0 aromatic heterocycles. The van der Waals surface area contributed by atoms with Gasteiger partial charge in [-0.3, -0.25) is 0 Å². The van der Waals surface area contributed by atoms with Crippen LogP contribution in [-0.2, 0) is 0 Å². The Morgan fingerprint density at radius 3 is 2.07 bits per heavy atom. The van der Waals surface area contributed by atoms with Gasteiger partial charge in [-0.1, -0.05) is 25.7 Å². The highest BCUT2D eigenvalue weighted by atomic mass is 35.5. The molecule has 0 aliphatic heterocycles. The minimum Gasteiger partial charge on any atom is -0.301 e. The molecule has 0 heterocycles. The quantitative estimate of drug-likeness (QED) is 0.595. The molecular weight excluding hydrogens is 229 g/mol. The largest absolute Gasteiger partial charge is 0.301 e. The predicted molar refractivity (Wildman–Crippen MR) is 69.1 cm³/mol. The fourth-order valence-corrected chi connectivity index (χ4v) is 2.96. The van der Waals surface area contributed by atoms with Gasteiger partial charge in [-0.15, -0.1) is 23.2 Å². The van der Waals surface area contributed by atoms with Gasteiger partial charge in [-0.25, -0.2) is 0 Å². The molecule has 1 aliphatic carbocycles. The van der Waals surface area contributed by atoms with Crippen LogP contribution in [0.2, 0.25) is 0 Å². The molecule has 15 heavy (non-hydrogen) atoms. The number of alkyl halides is 2. The highest BCUT2D eigenvalue weighted by Crippen LogP contribution is 2.28. The molecule has 0 spiro atoms. The monoisotopic (exact) mass is 251 g/mol. The highest BCUT2D eigenvalue weighted by molar-refractivity contribution is 6.18. The van der Waals surface area contributed by atoms with Crippen molar-refractivity contribution in [3.8, 4) is 0 Å². The first-order valence-corrected chi connectivity index (χ1v) is 7.28. The molecule has 0 unspecified atom stereocenters. The Balaban J connectivity index is 2.04. The van der Waals surface area contributed by atoms with Crippen molar-refractivity contribution in [1.82, 2.24) is 4.90 Å². The molecule has 0 aromatic carbocycles. The lowest BCUT2D eigenvalue weighted by Crippen LogP contribution is -2.29. The van der Waals surface area contributed by atoms with Crippen LogP contribution < -0.4 is 0 Å². The topological polar surface area (TPSA) is 3.24 Å². The van der Waals surface area contributed by atoms with Gasteiger partial charge in [0.15, 0.2) is 0 Å². The molecule has 0 aromatic rings. The van der Waals surface area contributed by atoms with Crippen LogP contribution in [-0.4, -0.2) is 36.3 Å². The predicted octanol–water partition coefficient (Wildman–Crippen LogP) is 3.74. The summed E-state index contributed by atoms with van der Waals surface area (Å²) >= 11 is 11.5. The van der Waals surface area contributed by atoms with Crippen LogP contribution in [0.5, 0.6) is 0 Å². The third-order valence-corrected chi connectivity index (χ3v) is 3.70. The normalized spacial score (nSPS) is 17.8. The smallest absolute Gasteiger partial charge is 0.0351 e. The molecule has 0 bridgehead atoms. The second-order valence-electron chi connectivity index (χ2n) is 4.51. The van der Waals surface area contributed by atoms with Crippen molar-refractivity contribution in [3.05, 3.63) is 0 Å². The molecule has 1 fully saturated rings. The van der Waals surface area contributed by atoms with Gasteiger partial charge in [0.05, 0.1) is 0 Å². The molecule has 90 valence electrons. The van der Waals surface area contributed by atoms with Gasteiger partial charge in [0.2, 0.25) is 0 Å². The summed E-state index contributed by atoms with van der Waals surface area (Å²) in [4.78, 5) is 2.38. The molecule has 0 saturated heterocycles. The van der Waals surface area contributed by atoms with Crippen molar-refractivity contribution in [1.29, 1.82) is 0 Å². The van der Waals surface area contributed by atoms with Gasteiger partial charge in [0.25, 0.3) is 0 Å². The summed E-state index contributed by atoms with van der Waals surface area (Å²) < 4.78 is 0. The number of rotatable bonds is 8. The molecule has 1 nitrogen and oxygen atoms in total. The van der Waals surface area contributed by atoms with Gasteiger partial charge in [-0.05, 0) is 25.3 Å². The number of hydrogen-bond donors (Lipinski definition) is 0. The Morgan fingerprint density at radius 2 is 1.53 bits per heavy atom. The summed E-state index contributed by atoms with van der Waals surface area (Å²) in [5.41, 5.74) is 0. The van der Waals surface area contributed by atoms with Crippen molar-refractivity contribution >= 4 is 23.2 Å². The van der Waals surface area contributed by atoms with Crippen molar-refractivity contribution in [2.45, 2.75) is 38.5 Å². The molecule has 0 radical (unpaired) electrons. The van der Waals surface area contributed by atoms with Gasteiger partial charge in [-0.2, -0.15) is 0 Å². The van der Waals surface area contributed by atoms with E-state index in [1.165, 1.54) is 45.1 Å². The lowest BCUT2D eigenvalue weighted by atomic mass is 10.0. The Hall–Kier alpha value is 0.540. The minimum absolute atomic E-state index is 0.723. The molecular formula is C12H23Cl2N. The van der Waals surface area contributed by atoms with Gasteiger partial charge in [0.1, 0.15) is 0 Å². The molecule has 0 atom stereocenters. The Labute approximate surface area is 104 Å². The lowest BCUT2D eigenvalue weighted by Gasteiger charge is -2.20. The Bertz CT molecular complexity index is 141. The Kier molecular flexibility index (Phi) is 7.86. The van der Waals surface area contributed by atoms with E-state index in [4.69, 9.17) is 23.2 Å². The number of halogens is 2. The zero-order valence-corrected chi connectivity index (χ0v) is 11.1. The maximum Gasteiger partial charge on any atom is 0.0351 e. The number of nitrogens with zero attached hydrogens (tertiary/aromatic N) is 1. The molecule has 1 saturated carbocycles. The van der Waals surface area contributed by atoms with Crippen LogP contribution in [0.4, 0.5) is 0 Å². The van der Waals surface area contributed by atoms with Crippen molar-refractivity contribution in [2.75, 3.05) is 31.4 Å². The molecule has 0 N–H and O–H groups in total. The summed E-state index contributed by atoms with van der Waals surface area (Å²) in [6.45, 7) is 3.15. The average molecular weight is 252 g/mol. The van der Waals surface area contributed by atoms with Crippen LogP contribution in [0.15, 0.2) is 0 Å². The SMILES string of the molecule is ClCCN(CCCl)CCCC1CCCC1. The second-order valence-corrected chi connectivity index (χ2v) is 5.27. The van der Waals surface area contributed by atoms with Crippen LogP contribution in [0, 0.1) is 5.92 Å². The van der Waals surface area contributed by atoms with Gasteiger partial charge >= 0.3 is 0 Å². The van der Waals surface area contributed by atoms with Crippen LogP contribution >= 0.6 is 23.2 Å². The zero-order valence-electron chi connectivity index (χ0n) is 9.56. The van der Waals surface area contributed by atoms with Crippen LogP contribution in [0.3, 0.4) is 0 Å². The minimum atomic E-state index is 0.723. The van der Waals surface area contributed by atoms with E-state index >= 15 is 0 Å². The first-order valence-electron chi connectivity index (χ1n) is 6.21. The third kappa shape index (κ3) is 5.99. The zero-order chi connectivity index (χ0) is 10.9. The summed E-state index contributed by atoms with van der Waals surface area (Å²) in [7, 11) is 0. The second kappa shape index (κ2) is 8.66.